The van der Waals surface area contributed by atoms with Crippen LogP contribution in [0.15, 0.2) is 51.8 Å². The molecule has 1 aliphatic heterocycles. The summed E-state index contributed by atoms with van der Waals surface area (Å²) < 4.78 is 78.9. The van der Waals surface area contributed by atoms with Crippen molar-refractivity contribution in [2.45, 2.75) is 11.1 Å². The van der Waals surface area contributed by atoms with Crippen LogP contribution in [0.4, 0.5) is 17.6 Å². The molecule has 0 spiro atoms. The Balaban J connectivity index is 1.75. The molecule has 0 N–H and O–H groups in total. The first kappa shape index (κ1) is 21.7. The van der Waals surface area contributed by atoms with E-state index in [1.54, 1.807) is 0 Å². The van der Waals surface area contributed by atoms with Gasteiger partial charge in [-0.25, -0.2) is 12.8 Å². The minimum absolute atomic E-state index is 0.0278. The molecule has 0 unspecified atom stereocenters. The van der Waals surface area contributed by atoms with Gasteiger partial charge in [0.1, 0.15) is 5.82 Å². The number of nitrogens with zero attached hydrogens (tertiary/aromatic N) is 2. The van der Waals surface area contributed by atoms with Gasteiger partial charge in [0, 0.05) is 30.7 Å². The van der Waals surface area contributed by atoms with Crippen molar-refractivity contribution in [1.82, 2.24) is 9.21 Å². The molecular formula is C18H15BrF4N2O3S. The van der Waals surface area contributed by atoms with Gasteiger partial charge >= 0.3 is 6.18 Å². The van der Waals surface area contributed by atoms with Crippen molar-refractivity contribution in [3.8, 4) is 0 Å². The summed E-state index contributed by atoms with van der Waals surface area (Å²) in [6, 6.07) is 7.21. The summed E-state index contributed by atoms with van der Waals surface area (Å²) in [5, 5.41) is 0. The molecule has 5 nitrogen and oxygen atoms in total. The Kier molecular flexibility index (Phi) is 6.02. The molecule has 2 aromatic rings. The number of hydrogen-bond acceptors (Lipinski definition) is 3. The quantitative estimate of drug-likeness (QED) is 0.610. The lowest BCUT2D eigenvalue weighted by atomic mass is 10.2. The molecule has 0 aromatic heterocycles. The lowest BCUT2D eigenvalue weighted by molar-refractivity contribution is -0.137. The van der Waals surface area contributed by atoms with E-state index in [0.717, 1.165) is 28.6 Å². The van der Waals surface area contributed by atoms with Crippen LogP contribution in [0.5, 0.6) is 0 Å². The van der Waals surface area contributed by atoms with Gasteiger partial charge in [-0.1, -0.05) is 6.07 Å². The van der Waals surface area contributed by atoms with Gasteiger partial charge in [-0.05, 0) is 52.3 Å². The summed E-state index contributed by atoms with van der Waals surface area (Å²) in [5.74, 6) is -1.05. The number of hydrogen-bond donors (Lipinski definition) is 0. The van der Waals surface area contributed by atoms with Gasteiger partial charge in [0.15, 0.2) is 0 Å². The number of piperazine rings is 1. The fraction of sp³-hybridized carbons (Fsp3) is 0.278. The van der Waals surface area contributed by atoms with E-state index in [1.165, 1.54) is 17.0 Å². The van der Waals surface area contributed by atoms with Crippen LogP contribution < -0.4 is 0 Å². The number of alkyl halides is 3. The summed E-state index contributed by atoms with van der Waals surface area (Å²) in [7, 11) is -4.15. The van der Waals surface area contributed by atoms with E-state index in [-0.39, 0.29) is 31.7 Å². The first-order chi connectivity index (χ1) is 13.5. The maximum absolute atomic E-state index is 13.4. The molecule has 0 atom stereocenters. The SMILES string of the molecule is O=C(c1cc(F)ccc1Br)N1CCN(S(=O)(=O)c2cccc(C(F)(F)F)c2)CC1. The molecular weight excluding hydrogens is 480 g/mol. The van der Waals surface area contributed by atoms with Crippen LogP contribution in [0.25, 0.3) is 0 Å². The lowest BCUT2D eigenvalue weighted by Gasteiger charge is -2.34. The van der Waals surface area contributed by atoms with Crippen molar-refractivity contribution >= 4 is 31.9 Å². The van der Waals surface area contributed by atoms with E-state index in [4.69, 9.17) is 0 Å². The van der Waals surface area contributed by atoms with Crippen molar-refractivity contribution in [1.29, 1.82) is 0 Å². The van der Waals surface area contributed by atoms with Gasteiger partial charge in [0.25, 0.3) is 5.91 Å². The number of benzene rings is 2. The Labute approximate surface area is 173 Å². The number of amides is 1. The Morgan fingerprint density at radius 3 is 2.28 bits per heavy atom. The first-order valence-electron chi connectivity index (χ1n) is 8.42. The monoisotopic (exact) mass is 494 g/mol. The van der Waals surface area contributed by atoms with Crippen LogP contribution in [0.1, 0.15) is 15.9 Å². The van der Waals surface area contributed by atoms with Gasteiger partial charge in [0.2, 0.25) is 10.0 Å². The van der Waals surface area contributed by atoms with E-state index < -0.39 is 38.4 Å². The molecule has 1 aliphatic rings. The number of rotatable bonds is 3. The Morgan fingerprint density at radius 2 is 1.66 bits per heavy atom. The Bertz CT molecular complexity index is 1040. The minimum atomic E-state index is -4.66. The average molecular weight is 495 g/mol. The number of sulfonamides is 1. The summed E-state index contributed by atoms with van der Waals surface area (Å²) in [4.78, 5) is 13.5. The summed E-state index contributed by atoms with van der Waals surface area (Å²) in [6.07, 6.45) is -4.66. The molecule has 156 valence electrons. The number of carbonyl (C=O) groups is 1. The maximum Gasteiger partial charge on any atom is 0.416 e. The molecule has 2 aromatic carbocycles. The second kappa shape index (κ2) is 8.04. The zero-order valence-electron chi connectivity index (χ0n) is 14.8. The van der Waals surface area contributed by atoms with Crippen LogP contribution in [0.2, 0.25) is 0 Å². The third kappa shape index (κ3) is 4.62. The second-order valence-electron chi connectivity index (χ2n) is 6.35. The topological polar surface area (TPSA) is 57.7 Å². The highest BCUT2D eigenvalue weighted by Gasteiger charge is 2.34. The summed E-state index contributed by atoms with van der Waals surface area (Å²) in [5.41, 5.74) is -0.942. The number of halogens is 5. The second-order valence-corrected chi connectivity index (χ2v) is 9.14. The molecule has 0 aliphatic carbocycles. The van der Waals surface area contributed by atoms with Gasteiger partial charge in [-0.2, -0.15) is 17.5 Å². The molecule has 1 fully saturated rings. The number of carbonyl (C=O) groups excluding carboxylic acids is 1. The highest BCUT2D eigenvalue weighted by Crippen LogP contribution is 2.31. The molecule has 0 bridgehead atoms. The molecule has 0 radical (unpaired) electrons. The van der Waals surface area contributed by atoms with Crippen LogP contribution in [-0.2, 0) is 16.2 Å². The van der Waals surface area contributed by atoms with Crippen molar-refractivity contribution < 1.29 is 30.8 Å². The van der Waals surface area contributed by atoms with Crippen LogP contribution in [0.3, 0.4) is 0 Å². The smallest absolute Gasteiger partial charge is 0.336 e. The fourth-order valence-electron chi connectivity index (χ4n) is 2.95. The van der Waals surface area contributed by atoms with E-state index in [9.17, 15) is 30.8 Å². The average Bonchev–Trinajstić information content (AvgIpc) is 2.69. The van der Waals surface area contributed by atoms with Gasteiger partial charge in [-0.3, -0.25) is 4.79 Å². The molecule has 1 amide bonds. The third-order valence-electron chi connectivity index (χ3n) is 4.48. The minimum Gasteiger partial charge on any atom is -0.336 e. The van der Waals surface area contributed by atoms with Gasteiger partial charge in [-0.15, -0.1) is 0 Å². The Morgan fingerprint density at radius 1 is 1.00 bits per heavy atom. The third-order valence-corrected chi connectivity index (χ3v) is 7.07. The molecule has 1 heterocycles. The van der Waals surface area contributed by atoms with E-state index in [0.29, 0.717) is 10.5 Å². The van der Waals surface area contributed by atoms with Crippen LogP contribution in [-0.4, -0.2) is 49.7 Å². The van der Waals surface area contributed by atoms with Crippen molar-refractivity contribution in [3.63, 3.8) is 0 Å². The largest absolute Gasteiger partial charge is 0.416 e. The summed E-state index contributed by atoms with van der Waals surface area (Å²) in [6.45, 7) is -0.117. The van der Waals surface area contributed by atoms with E-state index in [2.05, 4.69) is 15.9 Å². The van der Waals surface area contributed by atoms with Crippen LogP contribution >= 0.6 is 15.9 Å². The van der Waals surface area contributed by atoms with Crippen molar-refractivity contribution in [2.75, 3.05) is 26.2 Å². The predicted molar refractivity (Wildman–Crippen MR) is 100 cm³/mol. The summed E-state index contributed by atoms with van der Waals surface area (Å²) >= 11 is 3.18. The predicted octanol–water partition coefficient (Wildman–Crippen LogP) is 3.75. The highest BCUT2D eigenvalue weighted by atomic mass is 79.9. The van der Waals surface area contributed by atoms with Gasteiger partial charge < -0.3 is 4.90 Å². The fourth-order valence-corrected chi connectivity index (χ4v) is 4.83. The normalized spacial score (nSPS) is 16.1. The van der Waals surface area contributed by atoms with E-state index >= 15 is 0 Å². The molecule has 0 saturated carbocycles. The standard InChI is InChI=1S/C18H15BrF4N2O3S/c19-16-5-4-13(20)11-15(16)17(26)24-6-8-25(9-7-24)29(27,28)14-3-1-2-12(10-14)18(21,22)23/h1-5,10-11H,6-9H2. The Hall–Kier alpha value is -1.98. The first-order valence-corrected chi connectivity index (χ1v) is 10.7. The molecule has 11 heteroatoms. The zero-order valence-corrected chi connectivity index (χ0v) is 17.2. The zero-order chi connectivity index (χ0) is 21.4. The molecule has 1 saturated heterocycles. The van der Waals surface area contributed by atoms with E-state index in [1.807, 2.05) is 0 Å². The molecule has 3 rings (SSSR count). The maximum atomic E-state index is 13.4. The molecule has 29 heavy (non-hydrogen) atoms. The lowest BCUT2D eigenvalue weighted by Crippen LogP contribution is -2.50. The van der Waals surface area contributed by atoms with Gasteiger partial charge in [0.05, 0.1) is 16.0 Å². The van der Waals surface area contributed by atoms with Crippen molar-refractivity contribution in [2.24, 2.45) is 0 Å². The van der Waals surface area contributed by atoms with Crippen LogP contribution in [0, 0.1) is 5.82 Å². The van der Waals surface area contributed by atoms with Crippen molar-refractivity contribution in [3.05, 3.63) is 63.9 Å². The highest BCUT2D eigenvalue weighted by molar-refractivity contribution is 9.10.